The van der Waals surface area contributed by atoms with E-state index in [4.69, 9.17) is 15.2 Å². The summed E-state index contributed by atoms with van der Waals surface area (Å²) in [6.45, 7) is 2.69. The molecule has 3 rings (SSSR count). The minimum absolute atomic E-state index is 0.0721. The first-order valence-corrected chi connectivity index (χ1v) is 7.13. The molecule has 0 radical (unpaired) electrons. The van der Waals surface area contributed by atoms with Gasteiger partial charge in [0.1, 0.15) is 0 Å². The first kappa shape index (κ1) is 13.8. The molecule has 2 aliphatic rings. The molecule has 1 aromatic carbocycles. The molecule has 4 nitrogen and oxygen atoms in total. The third-order valence-corrected chi connectivity index (χ3v) is 4.38. The zero-order valence-electron chi connectivity index (χ0n) is 11.7. The van der Waals surface area contributed by atoms with Crippen molar-refractivity contribution in [2.75, 3.05) is 26.8 Å². The van der Waals surface area contributed by atoms with E-state index in [1.807, 2.05) is 6.07 Å². The third kappa shape index (κ3) is 2.53. The van der Waals surface area contributed by atoms with Crippen LogP contribution in [0.15, 0.2) is 18.2 Å². The van der Waals surface area contributed by atoms with Crippen LogP contribution in [-0.2, 0) is 4.74 Å². The maximum absolute atomic E-state index is 13.8. The van der Waals surface area contributed by atoms with E-state index in [1.165, 1.54) is 26.0 Å². The van der Waals surface area contributed by atoms with E-state index in [1.54, 1.807) is 6.07 Å². The first-order chi connectivity index (χ1) is 9.69. The number of hydrogen-bond donors (Lipinski definition) is 1. The Morgan fingerprint density at radius 1 is 1.50 bits per heavy atom. The van der Waals surface area contributed by atoms with Crippen LogP contribution in [0.1, 0.15) is 24.4 Å². The minimum atomic E-state index is -0.379. The van der Waals surface area contributed by atoms with Crippen molar-refractivity contribution in [3.8, 4) is 5.75 Å². The highest BCUT2D eigenvalue weighted by atomic mass is 19.1. The Morgan fingerprint density at radius 2 is 2.35 bits per heavy atom. The number of ether oxygens (including phenoxy) is 2. The maximum Gasteiger partial charge on any atom is 0.165 e. The van der Waals surface area contributed by atoms with E-state index in [0.29, 0.717) is 6.04 Å². The summed E-state index contributed by atoms with van der Waals surface area (Å²) in [4.78, 5) is 2.44. The van der Waals surface area contributed by atoms with Crippen LogP contribution in [0.4, 0.5) is 4.39 Å². The van der Waals surface area contributed by atoms with Crippen LogP contribution in [0.25, 0.3) is 0 Å². The normalized spacial score (nSPS) is 28.1. The summed E-state index contributed by atoms with van der Waals surface area (Å²) in [5.74, 6) is -0.138. The number of hydrogen-bond acceptors (Lipinski definition) is 4. The minimum Gasteiger partial charge on any atom is -0.494 e. The second-order valence-electron chi connectivity index (χ2n) is 5.58. The Hall–Kier alpha value is -1.17. The molecule has 0 bridgehead atoms. The summed E-state index contributed by atoms with van der Waals surface area (Å²) in [6, 6.07) is 5.11. The molecular weight excluding hydrogens is 259 g/mol. The average molecular weight is 280 g/mol. The van der Waals surface area contributed by atoms with Crippen LogP contribution in [0.2, 0.25) is 0 Å². The molecule has 3 atom stereocenters. The molecule has 110 valence electrons. The lowest BCUT2D eigenvalue weighted by Gasteiger charge is -2.37. The van der Waals surface area contributed by atoms with Gasteiger partial charge in [0.15, 0.2) is 11.6 Å². The molecule has 2 aliphatic heterocycles. The molecule has 2 saturated heterocycles. The lowest BCUT2D eigenvalue weighted by atomic mass is 10.00. The van der Waals surface area contributed by atoms with Crippen LogP contribution >= 0.6 is 0 Å². The van der Waals surface area contributed by atoms with Crippen molar-refractivity contribution in [2.24, 2.45) is 5.73 Å². The molecule has 0 aliphatic carbocycles. The maximum atomic E-state index is 13.8. The average Bonchev–Trinajstić information content (AvgIpc) is 2.93. The molecule has 3 unspecified atom stereocenters. The Labute approximate surface area is 118 Å². The standard InChI is InChI=1S/C15H21FN2O2/c1-19-13-5-4-10(7-12(13)16)15(17)14-8-18-6-2-3-11(18)9-20-14/h4-5,7,11,14-15H,2-3,6,8-9,17H2,1H3. The van der Waals surface area contributed by atoms with Gasteiger partial charge in [0.2, 0.25) is 0 Å². The number of benzene rings is 1. The number of methoxy groups -OCH3 is 1. The van der Waals surface area contributed by atoms with E-state index in [2.05, 4.69) is 4.90 Å². The molecule has 2 fully saturated rings. The van der Waals surface area contributed by atoms with Gasteiger partial charge in [0, 0.05) is 12.6 Å². The lowest BCUT2D eigenvalue weighted by Crippen LogP contribution is -2.49. The van der Waals surface area contributed by atoms with E-state index >= 15 is 0 Å². The Kier molecular flexibility index (Phi) is 3.92. The van der Waals surface area contributed by atoms with Crippen molar-refractivity contribution in [1.82, 2.24) is 4.90 Å². The second-order valence-corrected chi connectivity index (χ2v) is 5.58. The van der Waals surface area contributed by atoms with Crippen LogP contribution < -0.4 is 10.5 Å². The molecular formula is C15H21FN2O2. The summed E-state index contributed by atoms with van der Waals surface area (Å²) in [5.41, 5.74) is 7.01. The number of fused-ring (bicyclic) bond motifs is 1. The van der Waals surface area contributed by atoms with Gasteiger partial charge in [-0.05, 0) is 37.1 Å². The van der Waals surface area contributed by atoms with Crippen molar-refractivity contribution >= 4 is 0 Å². The SMILES string of the molecule is COc1ccc(C(N)C2CN3CCCC3CO2)cc1F. The fourth-order valence-corrected chi connectivity index (χ4v) is 3.16. The molecule has 0 aromatic heterocycles. The van der Waals surface area contributed by atoms with Gasteiger partial charge < -0.3 is 15.2 Å². The van der Waals surface area contributed by atoms with Crippen LogP contribution in [-0.4, -0.2) is 43.9 Å². The summed E-state index contributed by atoms with van der Waals surface area (Å²) in [5, 5.41) is 0. The molecule has 1 aromatic rings. The van der Waals surface area contributed by atoms with Gasteiger partial charge in [-0.15, -0.1) is 0 Å². The van der Waals surface area contributed by atoms with E-state index < -0.39 is 0 Å². The highest BCUT2D eigenvalue weighted by molar-refractivity contribution is 5.31. The van der Waals surface area contributed by atoms with Gasteiger partial charge in [-0.2, -0.15) is 0 Å². The lowest BCUT2D eigenvalue weighted by molar-refractivity contribution is -0.0597. The molecule has 0 amide bonds. The zero-order chi connectivity index (χ0) is 14.1. The van der Waals surface area contributed by atoms with Crippen molar-refractivity contribution in [3.63, 3.8) is 0 Å². The number of morpholine rings is 1. The highest BCUT2D eigenvalue weighted by Gasteiger charge is 2.35. The van der Waals surface area contributed by atoms with Crippen molar-refractivity contribution in [2.45, 2.75) is 31.0 Å². The fourth-order valence-electron chi connectivity index (χ4n) is 3.16. The summed E-state index contributed by atoms with van der Waals surface area (Å²) < 4.78 is 24.6. The number of rotatable bonds is 3. The number of nitrogens with two attached hydrogens (primary N) is 1. The van der Waals surface area contributed by atoms with E-state index in [-0.39, 0.29) is 23.7 Å². The van der Waals surface area contributed by atoms with E-state index in [0.717, 1.165) is 25.3 Å². The van der Waals surface area contributed by atoms with Gasteiger partial charge in [-0.1, -0.05) is 6.07 Å². The van der Waals surface area contributed by atoms with Crippen molar-refractivity contribution < 1.29 is 13.9 Å². The molecule has 2 heterocycles. The van der Waals surface area contributed by atoms with Crippen molar-refractivity contribution in [3.05, 3.63) is 29.6 Å². The van der Waals surface area contributed by atoms with Crippen LogP contribution in [0.5, 0.6) is 5.75 Å². The smallest absolute Gasteiger partial charge is 0.165 e. The summed E-state index contributed by atoms with van der Waals surface area (Å²) in [6.07, 6.45) is 2.36. The third-order valence-electron chi connectivity index (χ3n) is 4.38. The number of halogens is 1. The topological polar surface area (TPSA) is 47.7 Å². The molecule has 5 heteroatoms. The predicted molar refractivity (Wildman–Crippen MR) is 74.2 cm³/mol. The highest BCUT2D eigenvalue weighted by Crippen LogP contribution is 2.29. The molecule has 2 N–H and O–H groups in total. The largest absolute Gasteiger partial charge is 0.494 e. The van der Waals surface area contributed by atoms with Gasteiger partial charge in [-0.25, -0.2) is 4.39 Å². The quantitative estimate of drug-likeness (QED) is 0.915. The zero-order valence-corrected chi connectivity index (χ0v) is 11.7. The van der Waals surface area contributed by atoms with Crippen LogP contribution in [0, 0.1) is 5.82 Å². The Balaban J connectivity index is 1.72. The summed E-state index contributed by atoms with van der Waals surface area (Å²) >= 11 is 0. The second kappa shape index (κ2) is 5.68. The molecule has 0 spiro atoms. The van der Waals surface area contributed by atoms with Crippen LogP contribution in [0.3, 0.4) is 0 Å². The number of nitrogens with zero attached hydrogens (tertiary/aromatic N) is 1. The van der Waals surface area contributed by atoms with Crippen molar-refractivity contribution in [1.29, 1.82) is 0 Å². The first-order valence-electron chi connectivity index (χ1n) is 7.13. The predicted octanol–water partition coefficient (Wildman–Crippen LogP) is 1.70. The van der Waals surface area contributed by atoms with Gasteiger partial charge in [0.25, 0.3) is 0 Å². The summed E-state index contributed by atoms with van der Waals surface area (Å²) in [7, 11) is 1.45. The molecule has 0 saturated carbocycles. The van der Waals surface area contributed by atoms with E-state index in [9.17, 15) is 4.39 Å². The Morgan fingerprint density at radius 3 is 3.10 bits per heavy atom. The molecule has 20 heavy (non-hydrogen) atoms. The van der Waals surface area contributed by atoms with Gasteiger partial charge in [-0.3, -0.25) is 4.90 Å². The Bertz CT molecular complexity index is 483. The fraction of sp³-hybridized carbons (Fsp3) is 0.600. The van der Waals surface area contributed by atoms with Gasteiger partial charge in [0.05, 0.1) is 25.9 Å². The van der Waals surface area contributed by atoms with Gasteiger partial charge >= 0.3 is 0 Å². The monoisotopic (exact) mass is 280 g/mol.